The van der Waals surface area contributed by atoms with Crippen LogP contribution in [0.2, 0.25) is 0 Å². The van der Waals surface area contributed by atoms with Crippen LogP contribution < -0.4 is 5.63 Å². The smallest absolute Gasteiger partial charge is 0.366 e. The van der Waals surface area contributed by atoms with Gasteiger partial charge in [-0.15, -0.1) is 0 Å². The van der Waals surface area contributed by atoms with Crippen LogP contribution >= 0.6 is 0 Å². The Bertz CT molecular complexity index is 906. The molecule has 114 valence electrons. The topological polar surface area (TPSA) is 95.7 Å². The Hall–Kier alpha value is -3.41. The van der Waals surface area contributed by atoms with Crippen LogP contribution in [0.1, 0.15) is 15.9 Å². The van der Waals surface area contributed by atoms with Gasteiger partial charge in [-0.3, -0.25) is 4.99 Å². The zero-order valence-corrected chi connectivity index (χ0v) is 11.9. The molecule has 0 atom stereocenters. The van der Waals surface area contributed by atoms with Crippen molar-refractivity contribution in [3.05, 3.63) is 76.1 Å². The molecule has 6 nitrogen and oxygen atoms in total. The number of hydrogen-bond acceptors (Lipinski definition) is 4. The molecule has 1 aromatic heterocycles. The van der Waals surface area contributed by atoms with Gasteiger partial charge in [0.1, 0.15) is 5.56 Å². The lowest BCUT2D eigenvalue weighted by Gasteiger charge is -1.98. The number of benzene rings is 2. The summed E-state index contributed by atoms with van der Waals surface area (Å²) in [6.07, 6.45) is 1.40. The molecule has 0 amide bonds. The number of aromatic amines is 1. The SMILES string of the molecule is O=C(O)c1ccc(N=Cc2c(-c3ccccc3)[nH]oc2=O)cc1. The van der Waals surface area contributed by atoms with E-state index in [1.165, 1.54) is 18.3 Å². The summed E-state index contributed by atoms with van der Waals surface area (Å²) in [5.74, 6) is -1.00. The van der Waals surface area contributed by atoms with E-state index in [0.717, 1.165) is 5.56 Å². The number of H-pyrrole nitrogens is 1. The molecule has 23 heavy (non-hydrogen) atoms. The number of aromatic carboxylic acids is 1. The van der Waals surface area contributed by atoms with Crippen molar-refractivity contribution in [2.75, 3.05) is 0 Å². The number of aliphatic imine (C=N–C) groups is 1. The molecule has 2 N–H and O–H groups in total. The maximum Gasteiger partial charge on any atom is 0.366 e. The largest absolute Gasteiger partial charge is 0.478 e. The highest BCUT2D eigenvalue weighted by atomic mass is 16.5. The standard InChI is InChI=1S/C17H12N2O4/c20-16(21)12-6-8-13(9-7-12)18-10-14-15(19-23-17(14)22)11-4-2-1-3-5-11/h1-10,19H,(H,20,21). The molecule has 0 bridgehead atoms. The van der Waals surface area contributed by atoms with Gasteiger partial charge in [-0.1, -0.05) is 30.3 Å². The number of carboxylic acid groups (broad SMARTS) is 1. The fraction of sp³-hybridized carbons (Fsp3) is 0. The average Bonchev–Trinajstić information content (AvgIpc) is 2.95. The van der Waals surface area contributed by atoms with E-state index in [1.807, 2.05) is 30.3 Å². The van der Waals surface area contributed by atoms with E-state index in [2.05, 4.69) is 10.1 Å². The first-order valence-corrected chi connectivity index (χ1v) is 6.79. The van der Waals surface area contributed by atoms with Crippen LogP contribution in [0.4, 0.5) is 5.69 Å². The summed E-state index contributed by atoms with van der Waals surface area (Å²) >= 11 is 0. The summed E-state index contributed by atoms with van der Waals surface area (Å²) in [7, 11) is 0. The highest BCUT2D eigenvalue weighted by Crippen LogP contribution is 2.19. The first kappa shape index (κ1) is 14.5. The van der Waals surface area contributed by atoms with Gasteiger partial charge in [0.2, 0.25) is 0 Å². The molecule has 0 unspecified atom stereocenters. The predicted molar refractivity (Wildman–Crippen MR) is 85.4 cm³/mol. The molecule has 0 spiro atoms. The van der Waals surface area contributed by atoms with Crippen molar-refractivity contribution in [2.24, 2.45) is 4.99 Å². The minimum Gasteiger partial charge on any atom is -0.478 e. The lowest BCUT2D eigenvalue weighted by molar-refractivity contribution is 0.0697. The summed E-state index contributed by atoms with van der Waals surface area (Å²) in [6.45, 7) is 0. The maximum atomic E-state index is 11.8. The van der Waals surface area contributed by atoms with Crippen molar-refractivity contribution in [3.63, 3.8) is 0 Å². The molecule has 0 aliphatic carbocycles. The third-order valence-electron chi connectivity index (χ3n) is 3.25. The Morgan fingerprint density at radius 2 is 1.78 bits per heavy atom. The normalized spacial score (nSPS) is 11.0. The lowest BCUT2D eigenvalue weighted by Crippen LogP contribution is -2.01. The molecule has 0 saturated heterocycles. The van der Waals surface area contributed by atoms with Gasteiger partial charge in [-0.2, -0.15) is 0 Å². The number of carboxylic acids is 1. The summed E-state index contributed by atoms with van der Waals surface area (Å²) in [6, 6.07) is 15.3. The maximum absolute atomic E-state index is 11.8. The highest BCUT2D eigenvalue weighted by Gasteiger charge is 2.11. The van der Waals surface area contributed by atoms with Crippen LogP contribution in [0.3, 0.4) is 0 Å². The van der Waals surface area contributed by atoms with Gasteiger partial charge >= 0.3 is 11.6 Å². The second-order valence-corrected chi connectivity index (χ2v) is 4.76. The van der Waals surface area contributed by atoms with E-state index >= 15 is 0 Å². The number of nitrogens with one attached hydrogen (secondary N) is 1. The van der Waals surface area contributed by atoms with Gasteiger partial charge in [0.15, 0.2) is 0 Å². The van der Waals surface area contributed by atoms with Crippen molar-refractivity contribution in [2.45, 2.75) is 0 Å². The van der Waals surface area contributed by atoms with Crippen LogP contribution in [0.5, 0.6) is 0 Å². The van der Waals surface area contributed by atoms with Crippen LogP contribution in [0.25, 0.3) is 11.3 Å². The first-order chi connectivity index (χ1) is 11.1. The van der Waals surface area contributed by atoms with E-state index < -0.39 is 11.6 Å². The van der Waals surface area contributed by atoms with E-state index in [9.17, 15) is 9.59 Å². The Labute approximate surface area is 130 Å². The highest BCUT2D eigenvalue weighted by molar-refractivity contribution is 5.90. The fourth-order valence-corrected chi connectivity index (χ4v) is 2.08. The molecule has 0 aliphatic heterocycles. The Morgan fingerprint density at radius 3 is 2.43 bits per heavy atom. The Balaban J connectivity index is 1.93. The van der Waals surface area contributed by atoms with Gasteiger partial charge in [-0.25, -0.2) is 14.7 Å². The number of nitrogens with zero attached hydrogens (tertiary/aromatic N) is 1. The van der Waals surface area contributed by atoms with Gasteiger partial charge in [0.25, 0.3) is 0 Å². The molecule has 2 aromatic carbocycles. The van der Waals surface area contributed by atoms with E-state index in [1.54, 1.807) is 12.1 Å². The zero-order chi connectivity index (χ0) is 16.2. The van der Waals surface area contributed by atoms with Crippen molar-refractivity contribution in [3.8, 4) is 11.3 Å². The van der Waals surface area contributed by atoms with Crippen molar-refractivity contribution < 1.29 is 14.4 Å². The molecule has 3 rings (SSSR count). The van der Waals surface area contributed by atoms with Crippen LogP contribution in [0, 0.1) is 0 Å². The summed E-state index contributed by atoms with van der Waals surface area (Å²) in [4.78, 5) is 26.8. The molecule has 1 heterocycles. The predicted octanol–water partition coefficient (Wildman–Crippen LogP) is 3.08. The molecular weight excluding hydrogens is 296 g/mol. The van der Waals surface area contributed by atoms with Crippen molar-refractivity contribution >= 4 is 17.9 Å². The van der Waals surface area contributed by atoms with E-state index in [4.69, 9.17) is 9.63 Å². The van der Waals surface area contributed by atoms with Crippen molar-refractivity contribution in [1.29, 1.82) is 0 Å². The quantitative estimate of drug-likeness (QED) is 0.724. The van der Waals surface area contributed by atoms with Gasteiger partial charge < -0.3 is 9.63 Å². The molecule has 6 heteroatoms. The molecule has 0 radical (unpaired) electrons. The van der Waals surface area contributed by atoms with Crippen LogP contribution in [0.15, 0.2) is 68.9 Å². The van der Waals surface area contributed by atoms with E-state index in [0.29, 0.717) is 16.9 Å². The number of hydrogen-bond donors (Lipinski definition) is 2. The Kier molecular flexibility index (Phi) is 3.88. The lowest BCUT2D eigenvalue weighted by atomic mass is 10.1. The average molecular weight is 308 g/mol. The molecular formula is C17H12N2O4. The van der Waals surface area contributed by atoms with Crippen molar-refractivity contribution in [1.82, 2.24) is 5.16 Å². The minimum atomic E-state index is -1.00. The minimum absolute atomic E-state index is 0.176. The third-order valence-corrected chi connectivity index (χ3v) is 3.25. The number of rotatable bonds is 4. The third kappa shape index (κ3) is 3.11. The fourth-order valence-electron chi connectivity index (χ4n) is 2.08. The zero-order valence-electron chi connectivity index (χ0n) is 11.9. The second-order valence-electron chi connectivity index (χ2n) is 4.76. The van der Waals surface area contributed by atoms with Gasteiger partial charge in [-0.05, 0) is 24.3 Å². The number of aromatic nitrogens is 1. The Morgan fingerprint density at radius 1 is 1.09 bits per heavy atom. The van der Waals surface area contributed by atoms with Crippen LogP contribution in [-0.4, -0.2) is 22.4 Å². The molecule has 3 aromatic rings. The molecule has 0 aliphatic rings. The molecule has 0 fully saturated rings. The monoisotopic (exact) mass is 308 g/mol. The van der Waals surface area contributed by atoms with Gasteiger partial charge in [0, 0.05) is 11.8 Å². The second kappa shape index (κ2) is 6.15. The summed E-state index contributed by atoms with van der Waals surface area (Å²) in [5.41, 5.74) is 1.85. The molecule has 0 saturated carbocycles. The summed E-state index contributed by atoms with van der Waals surface area (Å²) < 4.78 is 4.84. The van der Waals surface area contributed by atoms with Crippen LogP contribution in [-0.2, 0) is 0 Å². The van der Waals surface area contributed by atoms with E-state index in [-0.39, 0.29) is 5.56 Å². The first-order valence-electron chi connectivity index (χ1n) is 6.79. The van der Waals surface area contributed by atoms with Gasteiger partial charge in [0.05, 0.1) is 16.9 Å². The number of carbonyl (C=O) groups is 1. The summed E-state index contributed by atoms with van der Waals surface area (Å²) in [5, 5.41) is 11.5.